The highest BCUT2D eigenvalue weighted by atomic mass is 32.2. The minimum absolute atomic E-state index is 0.0277. The molecule has 0 atom stereocenters. The standard InChI is InChI=1S/C27H31N3O3S/c31-27(26(23-11-4-1-5-12-23)24-13-6-2-7-14-24)28-17-10-22-34(32,33)30-20-18-29(19-21-30)25-15-8-3-9-16-25/h1-9,11-16,26H,10,17-22H2,(H,28,31). The van der Waals surface area contributed by atoms with Crippen LogP contribution in [0.3, 0.4) is 0 Å². The normalized spacial score (nSPS) is 14.8. The molecule has 0 radical (unpaired) electrons. The number of benzene rings is 3. The lowest BCUT2D eigenvalue weighted by molar-refractivity contribution is -0.121. The Balaban J connectivity index is 1.28. The van der Waals surface area contributed by atoms with Gasteiger partial charge in [0, 0.05) is 38.4 Å². The SMILES string of the molecule is O=C(NCCCS(=O)(=O)N1CCN(c2ccccc2)CC1)C(c1ccccc1)c1ccccc1. The van der Waals surface area contributed by atoms with Crippen LogP contribution in [0.5, 0.6) is 0 Å². The number of hydrogen-bond acceptors (Lipinski definition) is 4. The highest BCUT2D eigenvalue weighted by Crippen LogP contribution is 2.24. The molecule has 1 amide bonds. The Morgan fingerprint density at radius 2 is 1.26 bits per heavy atom. The summed E-state index contributed by atoms with van der Waals surface area (Å²) in [6.45, 7) is 2.63. The molecule has 1 aliphatic rings. The van der Waals surface area contributed by atoms with E-state index in [-0.39, 0.29) is 11.7 Å². The fourth-order valence-corrected chi connectivity index (χ4v) is 5.83. The van der Waals surface area contributed by atoms with Crippen molar-refractivity contribution in [2.24, 2.45) is 0 Å². The molecule has 6 nitrogen and oxygen atoms in total. The minimum Gasteiger partial charge on any atom is -0.369 e. The Morgan fingerprint density at radius 1 is 0.765 bits per heavy atom. The van der Waals surface area contributed by atoms with Gasteiger partial charge in [0.25, 0.3) is 0 Å². The van der Waals surface area contributed by atoms with Gasteiger partial charge in [0.1, 0.15) is 0 Å². The molecule has 1 saturated heterocycles. The number of anilines is 1. The van der Waals surface area contributed by atoms with Crippen LogP contribution in [-0.2, 0) is 14.8 Å². The van der Waals surface area contributed by atoms with Crippen molar-refractivity contribution in [3.05, 3.63) is 102 Å². The molecular weight excluding hydrogens is 446 g/mol. The van der Waals surface area contributed by atoms with Gasteiger partial charge in [-0.1, -0.05) is 78.9 Å². The van der Waals surface area contributed by atoms with E-state index in [9.17, 15) is 13.2 Å². The summed E-state index contributed by atoms with van der Waals surface area (Å²) in [5.74, 6) is -0.517. The zero-order chi connectivity index (χ0) is 23.8. The topological polar surface area (TPSA) is 69.7 Å². The monoisotopic (exact) mass is 477 g/mol. The van der Waals surface area contributed by atoms with E-state index in [1.165, 1.54) is 0 Å². The Morgan fingerprint density at radius 3 is 1.79 bits per heavy atom. The zero-order valence-corrected chi connectivity index (χ0v) is 20.0. The number of para-hydroxylation sites is 1. The van der Waals surface area contributed by atoms with Crippen molar-refractivity contribution in [1.82, 2.24) is 9.62 Å². The molecule has 0 unspecified atom stereocenters. The van der Waals surface area contributed by atoms with Crippen LogP contribution in [0.1, 0.15) is 23.5 Å². The average Bonchev–Trinajstić information content (AvgIpc) is 2.89. The Kier molecular flexibility index (Phi) is 7.98. The first-order valence-corrected chi connectivity index (χ1v) is 13.3. The van der Waals surface area contributed by atoms with Crippen LogP contribution in [0, 0.1) is 0 Å². The second-order valence-electron chi connectivity index (χ2n) is 8.44. The Labute approximate surface area is 202 Å². The van der Waals surface area contributed by atoms with Crippen LogP contribution in [0.15, 0.2) is 91.0 Å². The van der Waals surface area contributed by atoms with Crippen LogP contribution in [0.25, 0.3) is 0 Å². The third-order valence-corrected chi connectivity index (χ3v) is 8.12. The van der Waals surface area contributed by atoms with E-state index in [4.69, 9.17) is 0 Å². The molecule has 0 aromatic heterocycles. The molecule has 34 heavy (non-hydrogen) atoms. The first-order valence-electron chi connectivity index (χ1n) is 11.7. The molecule has 3 aromatic carbocycles. The maximum atomic E-state index is 13.1. The molecule has 1 N–H and O–H groups in total. The number of amides is 1. The van der Waals surface area contributed by atoms with Gasteiger partial charge in [0.15, 0.2) is 0 Å². The molecule has 0 bridgehead atoms. The molecular formula is C27H31N3O3S. The van der Waals surface area contributed by atoms with Crippen LogP contribution in [0.2, 0.25) is 0 Å². The number of nitrogens with one attached hydrogen (secondary N) is 1. The van der Waals surface area contributed by atoms with E-state index >= 15 is 0 Å². The smallest absolute Gasteiger partial charge is 0.232 e. The largest absolute Gasteiger partial charge is 0.369 e. The van der Waals surface area contributed by atoms with Gasteiger partial charge < -0.3 is 10.2 Å². The zero-order valence-electron chi connectivity index (χ0n) is 19.2. The number of carbonyl (C=O) groups is 1. The first kappa shape index (κ1) is 24.0. The van der Waals surface area contributed by atoms with Crippen molar-refractivity contribution >= 4 is 21.6 Å². The van der Waals surface area contributed by atoms with Crippen LogP contribution in [0.4, 0.5) is 5.69 Å². The Bertz CT molecular complexity index is 1110. The predicted molar refractivity (Wildman–Crippen MR) is 136 cm³/mol. The van der Waals surface area contributed by atoms with E-state index < -0.39 is 15.9 Å². The minimum atomic E-state index is -3.36. The summed E-state index contributed by atoms with van der Waals surface area (Å²) in [5.41, 5.74) is 2.94. The van der Waals surface area contributed by atoms with Gasteiger partial charge >= 0.3 is 0 Å². The van der Waals surface area contributed by atoms with E-state index in [1.807, 2.05) is 91.0 Å². The van der Waals surface area contributed by atoms with Gasteiger partial charge in [-0.05, 0) is 29.7 Å². The van der Waals surface area contributed by atoms with Crippen molar-refractivity contribution in [2.45, 2.75) is 12.3 Å². The molecule has 3 aromatic rings. The third kappa shape index (κ3) is 6.04. The molecule has 1 aliphatic heterocycles. The van der Waals surface area contributed by atoms with Gasteiger partial charge in [-0.25, -0.2) is 8.42 Å². The van der Waals surface area contributed by atoms with Gasteiger partial charge in [-0.15, -0.1) is 0 Å². The summed E-state index contributed by atoms with van der Waals surface area (Å²) in [6.07, 6.45) is 0.378. The lowest BCUT2D eigenvalue weighted by Gasteiger charge is -2.35. The van der Waals surface area contributed by atoms with E-state index in [0.717, 1.165) is 16.8 Å². The summed E-state index contributed by atoms with van der Waals surface area (Å²) < 4.78 is 27.3. The second-order valence-corrected chi connectivity index (χ2v) is 10.5. The van der Waals surface area contributed by atoms with E-state index in [0.29, 0.717) is 39.1 Å². The number of piperazine rings is 1. The summed E-state index contributed by atoms with van der Waals surface area (Å²) in [7, 11) is -3.36. The van der Waals surface area contributed by atoms with E-state index in [1.54, 1.807) is 4.31 Å². The highest BCUT2D eigenvalue weighted by Gasteiger charge is 2.27. The maximum absolute atomic E-state index is 13.1. The quantitative estimate of drug-likeness (QED) is 0.479. The van der Waals surface area contributed by atoms with Crippen LogP contribution < -0.4 is 10.2 Å². The van der Waals surface area contributed by atoms with Crippen molar-refractivity contribution in [3.63, 3.8) is 0 Å². The predicted octanol–water partition coefficient (Wildman–Crippen LogP) is 3.48. The van der Waals surface area contributed by atoms with Crippen molar-refractivity contribution in [2.75, 3.05) is 43.4 Å². The van der Waals surface area contributed by atoms with Crippen molar-refractivity contribution < 1.29 is 13.2 Å². The third-order valence-electron chi connectivity index (χ3n) is 6.16. The molecule has 1 fully saturated rings. The molecule has 7 heteroatoms. The number of hydrogen-bond donors (Lipinski definition) is 1. The summed E-state index contributed by atoms with van der Waals surface area (Å²) in [5, 5.41) is 2.95. The van der Waals surface area contributed by atoms with Crippen molar-refractivity contribution in [3.8, 4) is 0 Å². The Hall–Kier alpha value is -3.16. The maximum Gasteiger partial charge on any atom is 0.232 e. The van der Waals surface area contributed by atoms with Gasteiger partial charge in [0.05, 0.1) is 11.7 Å². The average molecular weight is 478 g/mol. The number of sulfonamides is 1. The highest BCUT2D eigenvalue weighted by molar-refractivity contribution is 7.89. The molecule has 178 valence electrons. The van der Waals surface area contributed by atoms with Gasteiger partial charge in [-0.2, -0.15) is 4.31 Å². The lowest BCUT2D eigenvalue weighted by atomic mass is 9.90. The van der Waals surface area contributed by atoms with Crippen LogP contribution >= 0.6 is 0 Å². The van der Waals surface area contributed by atoms with Gasteiger partial charge in [-0.3, -0.25) is 4.79 Å². The summed E-state index contributed by atoms with van der Waals surface area (Å²) in [4.78, 5) is 15.3. The number of rotatable bonds is 9. The summed E-state index contributed by atoms with van der Waals surface area (Å²) >= 11 is 0. The summed E-state index contributed by atoms with van der Waals surface area (Å²) in [6, 6.07) is 29.3. The fourth-order valence-electron chi connectivity index (χ4n) is 4.35. The molecule has 0 spiro atoms. The van der Waals surface area contributed by atoms with Gasteiger partial charge in [0.2, 0.25) is 15.9 Å². The molecule has 0 aliphatic carbocycles. The lowest BCUT2D eigenvalue weighted by Crippen LogP contribution is -2.49. The molecule has 1 heterocycles. The van der Waals surface area contributed by atoms with E-state index in [2.05, 4.69) is 10.2 Å². The van der Waals surface area contributed by atoms with Crippen LogP contribution in [-0.4, -0.2) is 57.1 Å². The van der Waals surface area contributed by atoms with Crippen molar-refractivity contribution in [1.29, 1.82) is 0 Å². The second kappa shape index (κ2) is 11.3. The molecule has 0 saturated carbocycles. The fraction of sp³-hybridized carbons (Fsp3) is 0.296. The number of carbonyl (C=O) groups excluding carboxylic acids is 1. The molecule has 4 rings (SSSR count). The first-order chi connectivity index (χ1) is 16.5. The number of nitrogens with zero attached hydrogens (tertiary/aromatic N) is 2.